The van der Waals surface area contributed by atoms with Gasteiger partial charge in [0, 0.05) is 54.8 Å². The molecule has 0 spiro atoms. The molecule has 2 aliphatic rings. The zero-order chi connectivity index (χ0) is 24.8. The van der Waals surface area contributed by atoms with Crippen LogP contribution in [0.1, 0.15) is 38.2 Å². The number of H-pyrrole nitrogens is 1. The average Bonchev–Trinajstić information content (AvgIpc) is 3.50. The van der Waals surface area contributed by atoms with Gasteiger partial charge in [-0.3, -0.25) is 14.5 Å². The Hall–Kier alpha value is -3.43. The van der Waals surface area contributed by atoms with Gasteiger partial charge in [-0.05, 0) is 55.5 Å². The summed E-state index contributed by atoms with van der Waals surface area (Å²) in [6.45, 7) is 2.08. The monoisotopic (exact) mass is 504 g/mol. The summed E-state index contributed by atoms with van der Waals surface area (Å²) in [7, 11) is 0. The number of aromatic nitrogens is 2. The van der Waals surface area contributed by atoms with Crippen molar-refractivity contribution in [3.63, 3.8) is 0 Å². The van der Waals surface area contributed by atoms with Gasteiger partial charge in [0.2, 0.25) is 5.91 Å². The number of nitrogens with one attached hydrogen (secondary N) is 1. The number of carboxylic acid groups (broad SMARTS) is 1. The van der Waals surface area contributed by atoms with Crippen LogP contribution in [0.15, 0.2) is 48.7 Å². The van der Waals surface area contributed by atoms with Crippen LogP contribution in [-0.4, -0.2) is 61.4 Å². The van der Waals surface area contributed by atoms with Gasteiger partial charge in [0.15, 0.2) is 0 Å². The maximum absolute atomic E-state index is 12.1. The minimum atomic E-state index is -0.953. The Bertz CT molecular complexity index is 1400. The van der Waals surface area contributed by atoms with Gasteiger partial charge in [-0.1, -0.05) is 23.5 Å². The SMILES string of the molecule is CC(=O)N(CC(=O)O)C1C[C@@H]2CC[C@@H](C1)N2Cc1c[nH]c2cc(Oc3nc4ccccc4s3)ccc12. The lowest BCUT2D eigenvalue weighted by atomic mass is 9.95. The van der Waals surface area contributed by atoms with Gasteiger partial charge in [0.1, 0.15) is 12.3 Å². The van der Waals surface area contributed by atoms with E-state index >= 15 is 0 Å². The van der Waals surface area contributed by atoms with E-state index in [1.807, 2.05) is 36.4 Å². The third-order valence-corrected chi connectivity index (χ3v) is 8.50. The van der Waals surface area contributed by atoms with E-state index in [9.17, 15) is 14.7 Å². The van der Waals surface area contributed by atoms with Crippen LogP contribution in [0.2, 0.25) is 0 Å². The molecule has 2 saturated heterocycles. The highest BCUT2D eigenvalue weighted by atomic mass is 32.1. The highest BCUT2D eigenvalue weighted by Crippen LogP contribution is 2.40. The lowest BCUT2D eigenvalue weighted by Crippen LogP contribution is -2.52. The molecule has 0 aliphatic carbocycles. The third kappa shape index (κ3) is 4.33. The van der Waals surface area contributed by atoms with Crippen molar-refractivity contribution in [3.8, 4) is 10.9 Å². The number of hydrogen-bond acceptors (Lipinski definition) is 6. The van der Waals surface area contributed by atoms with Crippen LogP contribution >= 0.6 is 11.3 Å². The molecular formula is C27H28N4O4S. The van der Waals surface area contributed by atoms with E-state index in [2.05, 4.69) is 27.1 Å². The Morgan fingerprint density at radius 2 is 1.97 bits per heavy atom. The van der Waals surface area contributed by atoms with Crippen molar-refractivity contribution >= 4 is 44.3 Å². The van der Waals surface area contributed by atoms with Crippen LogP contribution in [0.4, 0.5) is 0 Å². The fourth-order valence-corrected chi connectivity index (χ4v) is 6.79. The number of rotatable bonds is 7. The van der Waals surface area contributed by atoms with Gasteiger partial charge in [-0.25, -0.2) is 4.98 Å². The summed E-state index contributed by atoms with van der Waals surface area (Å²) < 4.78 is 7.16. The lowest BCUT2D eigenvalue weighted by molar-refractivity contribution is -0.146. The Morgan fingerprint density at radius 3 is 2.69 bits per heavy atom. The molecule has 0 radical (unpaired) electrons. The summed E-state index contributed by atoms with van der Waals surface area (Å²) in [6.07, 6.45) is 5.90. The summed E-state index contributed by atoms with van der Waals surface area (Å²) >= 11 is 1.53. The molecule has 9 heteroatoms. The molecule has 1 amide bonds. The standard InChI is InChI=1S/C27H28N4O4S/c1-16(32)30(15-26(33)34)20-10-18-6-7-19(11-20)31(18)14-17-13-28-24-12-21(8-9-22(17)24)35-27-29-23-4-2-3-5-25(23)36-27/h2-5,8-9,12-13,18-20,28H,6-7,10-11,14-15H2,1H3,(H,33,34)/t18-,19-/m0/s1. The predicted molar refractivity (Wildman–Crippen MR) is 138 cm³/mol. The van der Waals surface area contributed by atoms with E-state index in [0.29, 0.717) is 17.3 Å². The first-order valence-corrected chi connectivity index (χ1v) is 13.1. The second-order valence-electron chi connectivity index (χ2n) is 9.79. The minimum Gasteiger partial charge on any atom is -0.480 e. The first kappa shape index (κ1) is 23.0. The van der Waals surface area contributed by atoms with Crippen LogP contribution in [0.5, 0.6) is 10.9 Å². The molecule has 2 atom stereocenters. The molecule has 2 aromatic heterocycles. The number of hydrogen-bond donors (Lipinski definition) is 2. The summed E-state index contributed by atoms with van der Waals surface area (Å²) in [5, 5.41) is 11.0. The maximum Gasteiger partial charge on any atom is 0.323 e. The molecule has 2 aromatic carbocycles. The molecule has 0 saturated carbocycles. The molecular weight excluding hydrogens is 476 g/mol. The molecule has 4 aromatic rings. The number of amides is 1. The van der Waals surface area contributed by atoms with Crippen LogP contribution < -0.4 is 4.74 Å². The van der Waals surface area contributed by atoms with E-state index < -0.39 is 5.97 Å². The first-order valence-electron chi connectivity index (χ1n) is 12.3. The zero-order valence-electron chi connectivity index (χ0n) is 20.0. The topological polar surface area (TPSA) is 98.8 Å². The quantitative estimate of drug-likeness (QED) is 0.368. The van der Waals surface area contributed by atoms with Gasteiger partial charge < -0.3 is 19.7 Å². The maximum atomic E-state index is 12.1. The number of piperidine rings is 1. The Morgan fingerprint density at radius 1 is 1.19 bits per heavy atom. The van der Waals surface area contributed by atoms with Gasteiger partial charge in [0.25, 0.3) is 5.19 Å². The molecule has 2 N–H and O–H groups in total. The van der Waals surface area contributed by atoms with Crippen molar-refractivity contribution in [2.45, 2.75) is 57.3 Å². The van der Waals surface area contributed by atoms with Crippen molar-refractivity contribution in [2.75, 3.05) is 6.54 Å². The molecule has 2 fully saturated rings. The fourth-order valence-electron chi connectivity index (χ4n) is 5.95. The molecule has 6 rings (SSSR count). The highest BCUT2D eigenvalue weighted by Gasteiger charge is 2.43. The molecule has 186 valence electrons. The van der Waals surface area contributed by atoms with Crippen molar-refractivity contribution in [3.05, 3.63) is 54.2 Å². The summed E-state index contributed by atoms with van der Waals surface area (Å²) in [4.78, 5) is 35.5. The summed E-state index contributed by atoms with van der Waals surface area (Å²) in [5.74, 6) is -0.361. The number of carboxylic acids is 1. The van der Waals surface area contributed by atoms with Crippen molar-refractivity contribution < 1.29 is 19.4 Å². The molecule has 2 bridgehead atoms. The number of thiazole rings is 1. The molecule has 8 nitrogen and oxygen atoms in total. The average molecular weight is 505 g/mol. The number of ether oxygens (including phenoxy) is 1. The summed E-state index contributed by atoms with van der Waals surface area (Å²) in [6, 6.07) is 14.8. The van der Waals surface area contributed by atoms with Crippen LogP contribution in [0.3, 0.4) is 0 Å². The number of para-hydroxylation sites is 1. The van der Waals surface area contributed by atoms with E-state index in [0.717, 1.165) is 53.7 Å². The highest BCUT2D eigenvalue weighted by molar-refractivity contribution is 7.20. The van der Waals surface area contributed by atoms with E-state index in [1.54, 1.807) is 4.90 Å². The normalized spacial score (nSPS) is 21.8. The number of carbonyl (C=O) groups excluding carboxylic acids is 1. The van der Waals surface area contributed by atoms with E-state index in [4.69, 9.17) is 4.74 Å². The molecule has 2 aliphatic heterocycles. The fraction of sp³-hybridized carbons (Fsp3) is 0.370. The molecule has 0 unspecified atom stereocenters. The lowest BCUT2D eigenvalue weighted by Gasteiger charge is -2.42. The smallest absolute Gasteiger partial charge is 0.323 e. The third-order valence-electron chi connectivity index (χ3n) is 7.58. The largest absolute Gasteiger partial charge is 0.480 e. The zero-order valence-corrected chi connectivity index (χ0v) is 20.8. The van der Waals surface area contributed by atoms with Crippen LogP contribution in [0, 0.1) is 0 Å². The number of aromatic amines is 1. The number of benzene rings is 2. The number of aliphatic carboxylic acids is 1. The van der Waals surface area contributed by atoms with Crippen molar-refractivity contribution in [1.82, 2.24) is 19.8 Å². The van der Waals surface area contributed by atoms with Gasteiger partial charge >= 0.3 is 5.97 Å². The van der Waals surface area contributed by atoms with Gasteiger partial charge in [0.05, 0.1) is 10.2 Å². The molecule has 4 heterocycles. The van der Waals surface area contributed by atoms with E-state index in [-0.39, 0.29) is 18.5 Å². The van der Waals surface area contributed by atoms with E-state index in [1.165, 1.54) is 29.2 Å². The summed E-state index contributed by atoms with van der Waals surface area (Å²) in [5.41, 5.74) is 3.20. The number of carbonyl (C=O) groups is 2. The van der Waals surface area contributed by atoms with Gasteiger partial charge in [-0.15, -0.1) is 0 Å². The van der Waals surface area contributed by atoms with Gasteiger partial charge in [-0.2, -0.15) is 0 Å². The van der Waals surface area contributed by atoms with Crippen molar-refractivity contribution in [2.24, 2.45) is 0 Å². The second kappa shape index (κ2) is 9.22. The van der Waals surface area contributed by atoms with Crippen LogP contribution in [0.25, 0.3) is 21.1 Å². The predicted octanol–water partition coefficient (Wildman–Crippen LogP) is 5.00. The number of nitrogens with zero attached hydrogens (tertiary/aromatic N) is 3. The molecule has 36 heavy (non-hydrogen) atoms. The minimum absolute atomic E-state index is 0.00228. The number of fused-ring (bicyclic) bond motifs is 4. The Balaban J connectivity index is 1.16. The first-order chi connectivity index (χ1) is 17.4. The second-order valence-corrected chi connectivity index (χ2v) is 10.8. The van der Waals surface area contributed by atoms with Crippen molar-refractivity contribution in [1.29, 1.82) is 0 Å². The Kier molecular flexibility index (Phi) is 5.89. The Labute approximate surface area is 212 Å². The van der Waals surface area contributed by atoms with Crippen LogP contribution in [-0.2, 0) is 16.1 Å².